The van der Waals surface area contributed by atoms with Crippen LogP contribution in [0.25, 0.3) is 0 Å². The molecule has 3 unspecified atom stereocenters. The lowest BCUT2D eigenvalue weighted by Crippen LogP contribution is -2.53. The second-order valence-electron chi connectivity index (χ2n) is 13.7. The Labute approximate surface area is 219 Å². The number of ether oxygens (including phenoxy) is 4. The maximum atomic E-state index is 6.74. The molecule has 1 heterocycles. The average molecular weight is 497 g/mol. The highest BCUT2D eigenvalue weighted by atomic mass is 16.5. The first kappa shape index (κ1) is 28.2. The lowest BCUT2D eigenvalue weighted by molar-refractivity contribution is -0.0190. The monoisotopic (exact) mass is 496 g/mol. The summed E-state index contributed by atoms with van der Waals surface area (Å²) in [5, 5.41) is 0. The summed E-state index contributed by atoms with van der Waals surface area (Å²) in [6.07, 6.45) is 0.883. The third-order valence-electron chi connectivity index (χ3n) is 7.12. The van der Waals surface area contributed by atoms with Crippen molar-refractivity contribution in [2.75, 3.05) is 0 Å². The van der Waals surface area contributed by atoms with E-state index in [-0.39, 0.29) is 33.7 Å². The minimum atomic E-state index is -0.362. The van der Waals surface area contributed by atoms with Gasteiger partial charge in [-0.2, -0.15) is 0 Å². The van der Waals surface area contributed by atoms with Gasteiger partial charge in [-0.3, -0.25) is 0 Å². The van der Waals surface area contributed by atoms with Gasteiger partial charge in [-0.05, 0) is 87.8 Å². The summed E-state index contributed by atoms with van der Waals surface area (Å²) in [5.74, 6) is 3.52. The molecule has 0 N–H and O–H groups in total. The Morgan fingerprint density at radius 3 is 1.67 bits per heavy atom. The molecule has 2 aromatic rings. The van der Waals surface area contributed by atoms with E-state index in [9.17, 15) is 0 Å². The van der Waals surface area contributed by atoms with Crippen molar-refractivity contribution >= 4 is 0 Å². The van der Waals surface area contributed by atoms with E-state index in [1.807, 2.05) is 0 Å². The molecule has 0 bridgehead atoms. The first-order valence-corrected chi connectivity index (χ1v) is 13.3. The summed E-state index contributed by atoms with van der Waals surface area (Å²) < 4.78 is 25.8. The maximum absolute atomic E-state index is 6.74. The van der Waals surface area contributed by atoms with Crippen LogP contribution in [0.3, 0.4) is 0 Å². The Kier molecular flexibility index (Phi) is 7.20. The highest BCUT2D eigenvalue weighted by molar-refractivity contribution is 5.57. The molecule has 1 aliphatic rings. The minimum Gasteiger partial charge on any atom is -0.488 e. The summed E-state index contributed by atoms with van der Waals surface area (Å²) in [4.78, 5) is 0. The Hall–Kier alpha value is -2.36. The van der Waals surface area contributed by atoms with Crippen molar-refractivity contribution < 1.29 is 18.9 Å². The summed E-state index contributed by atoms with van der Waals surface area (Å²) in [5.41, 5.74) is 0.616. The van der Waals surface area contributed by atoms with E-state index in [4.69, 9.17) is 18.9 Å². The summed E-state index contributed by atoms with van der Waals surface area (Å²) in [7, 11) is 0. The van der Waals surface area contributed by atoms with Crippen molar-refractivity contribution in [2.24, 2.45) is 5.92 Å². The third-order valence-corrected chi connectivity index (χ3v) is 7.12. The maximum Gasteiger partial charge on any atom is 0.127 e. The summed E-state index contributed by atoms with van der Waals surface area (Å²) >= 11 is 0. The van der Waals surface area contributed by atoms with E-state index in [0.29, 0.717) is 0 Å². The molecule has 0 spiro atoms. The second-order valence-corrected chi connectivity index (χ2v) is 13.7. The van der Waals surface area contributed by atoms with Crippen molar-refractivity contribution in [3.8, 4) is 23.0 Å². The molecule has 1 aliphatic heterocycles. The predicted molar refractivity (Wildman–Crippen MR) is 149 cm³/mol. The second kappa shape index (κ2) is 9.19. The normalized spacial score (nSPS) is 24.5. The van der Waals surface area contributed by atoms with Crippen LogP contribution in [0, 0.1) is 5.92 Å². The molecule has 0 saturated heterocycles. The fraction of sp³-hybridized carbons (Fsp3) is 0.625. The summed E-state index contributed by atoms with van der Waals surface area (Å²) in [6, 6.07) is 12.6. The number of fused-ring (bicyclic) bond motifs is 1. The van der Waals surface area contributed by atoms with Crippen molar-refractivity contribution in [3.05, 3.63) is 47.5 Å². The molecule has 36 heavy (non-hydrogen) atoms. The molecule has 0 aliphatic carbocycles. The number of hydrogen-bond acceptors (Lipinski definition) is 4. The minimum absolute atomic E-state index is 0.175. The van der Waals surface area contributed by atoms with Crippen LogP contribution in [-0.2, 0) is 5.41 Å². The average Bonchev–Trinajstić information content (AvgIpc) is 2.68. The first-order valence-electron chi connectivity index (χ1n) is 13.3. The highest BCUT2D eigenvalue weighted by Gasteiger charge is 2.52. The SMILES string of the molecule is CCC1(C)Oc2cc(OC(C)(C)C)ccc2C(C)(c2ccc(OC(C)(C)C)cc2OC(C)(C)C)C1C. The zero-order chi connectivity index (χ0) is 27.3. The standard InChI is InChI=1S/C32H48O4/c1-14-31(12)21(2)32(13,25-18-16-23(20-27(25)36-31)34-29(6,7)8)24-17-15-22(33-28(3,4)5)19-26(24)35-30(9,10)11/h15-21H,14H2,1-13H3. The Morgan fingerprint density at radius 2 is 1.19 bits per heavy atom. The molecule has 0 fully saturated rings. The zero-order valence-electron chi connectivity index (χ0n) is 24.9. The van der Waals surface area contributed by atoms with Crippen molar-refractivity contribution in [1.29, 1.82) is 0 Å². The van der Waals surface area contributed by atoms with Gasteiger partial charge in [0.25, 0.3) is 0 Å². The Balaban J connectivity index is 2.26. The van der Waals surface area contributed by atoms with Gasteiger partial charge in [-0.25, -0.2) is 0 Å². The summed E-state index contributed by atoms with van der Waals surface area (Å²) in [6.45, 7) is 27.7. The lowest BCUT2D eigenvalue weighted by Gasteiger charge is -2.52. The molecule has 0 aromatic heterocycles. The van der Waals surface area contributed by atoms with Crippen LogP contribution >= 0.6 is 0 Å². The van der Waals surface area contributed by atoms with E-state index in [1.54, 1.807) is 0 Å². The number of hydrogen-bond donors (Lipinski definition) is 0. The molecular weight excluding hydrogens is 448 g/mol. The van der Waals surface area contributed by atoms with Gasteiger partial charge < -0.3 is 18.9 Å². The molecule has 3 atom stereocenters. The molecule has 4 nitrogen and oxygen atoms in total. The van der Waals surface area contributed by atoms with E-state index in [0.717, 1.165) is 40.5 Å². The zero-order valence-corrected chi connectivity index (χ0v) is 24.9. The van der Waals surface area contributed by atoms with Gasteiger partial charge in [0.05, 0.1) is 0 Å². The van der Waals surface area contributed by atoms with Crippen molar-refractivity contribution in [2.45, 2.75) is 124 Å². The van der Waals surface area contributed by atoms with Crippen LogP contribution in [0.15, 0.2) is 36.4 Å². The molecule has 2 aromatic carbocycles. The van der Waals surface area contributed by atoms with E-state index < -0.39 is 0 Å². The molecule has 0 amide bonds. The molecule has 0 radical (unpaired) electrons. The van der Waals surface area contributed by atoms with E-state index in [1.165, 1.54) is 0 Å². The van der Waals surface area contributed by atoms with Gasteiger partial charge in [-0.15, -0.1) is 0 Å². The molecule has 4 heteroatoms. The van der Waals surface area contributed by atoms with Crippen LogP contribution in [0.2, 0.25) is 0 Å². The van der Waals surface area contributed by atoms with Gasteiger partial charge >= 0.3 is 0 Å². The van der Waals surface area contributed by atoms with Gasteiger partial charge in [0.15, 0.2) is 0 Å². The van der Waals surface area contributed by atoms with Crippen LogP contribution in [0.5, 0.6) is 23.0 Å². The van der Waals surface area contributed by atoms with Crippen molar-refractivity contribution in [1.82, 2.24) is 0 Å². The molecular formula is C32H48O4. The number of rotatable bonds is 5. The number of benzene rings is 2. The van der Waals surface area contributed by atoms with Gasteiger partial charge in [0.1, 0.15) is 45.4 Å². The van der Waals surface area contributed by atoms with Gasteiger partial charge in [-0.1, -0.05) is 32.9 Å². The predicted octanol–water partition coefficient (Wildman–Crippen LogP) is 8.72. The lowest BCUT2D eigenvalue weighted by atomic mass is 9.60. The fourth-order valence-corrected chi connectivity index (χ4v) is 5.14. The molecule has 3 rings (SSSR count). The smallest absolute Gasteiger partial charge is 0.127 e. The fourth-order valence-electron chi connectivity index (χ4n) is 5.14. The largest absolute Gasteiger partial charge is 0.488 e. The van der Waals surface area contributed by atoms with Crippen LogP contribution in [-0.4, -0.2) is 22.4 Å². The quantitative estimate of drug-likeness (QED) is 0.415. The van der Waals surface area contributed by atoms with Crippen LogP contribution in [0.1, 0.15) is 108 Å². The van der Waals surface area contributed by atoms with Crippen LogP contribution < -0.4 is 18.9 Å². The Morgan fingerprint density at radius 1 is 0.722 bits per heavy atom. The third kappa shape index (κ3) is 5.95. The molecule has 200 valence electrons. The van der Waals surface area contributed by atoms with Crippen molar-refractivity contribution in [3.63, 3.8) is 0 Å². The van der Waals surface area contributed by atoms with Gasteiger partial charge in [0, 0.05) is 34.6 Å². The molecule has 0 saturated carbocycles. The van der Waals surface area contributed by atoms with E-state index in [2.05, 4.69) is 126 Å². The topological polar surface area (TPSA) is 36.9 Å². The van der Waals surface area contributed by atoms with Gasteiger partial charge in [0.2, 0.25) is 0 Å². The Bertz CT molecular complexity index is 1080. The first-order chi connectivity index (χ1) is 16.3. The highest BCUT2D eigenvalue weighted by Crippen LogP contribution is 2.56. The van der Waals surface area contributed by atoms with E-state index >= 15 is 0 Å². The van der Waals surface area contributed by atoms with Crippen LogP contribution in [0.4, 0.5) is 0 Å².